The molecule has 0 radical (unpaired) electrons. The molecule has 0 atom stereocenters. The zero-order chi connectivity index (χ0) is 21.2. The molecular formula is C25H19IN4O. The number of nitrogen functional groups attached to an aromatic ring is 1. The summed E-state index contributed by atoms with van der Waals surface area (Å²) in [6.07, 6.45) is 3.59. The van der Waals surface area contributed by atoms with Crippen LogP contribution in [-0.2, 0) is 6.61 Å². The van der Waals surface area contributed by atoms with Crippen LogP contribution in [0.3, 0.4) is 0 Å². The van der Waals surface area contributed by atoms with Gasteiger partial charge in [0.1, 0.15) is 23.8 Å². The average Bonchev–Trinajstić information content (AvgIpc) is 3.18. The summed E-state index contributed by atoms with van der Waals surface area (Å²) in [5.41, 5.74) is 12.0. The third-order valence-corrected chi connectivity index (χ3v) is 5.80. The fourth-order valence-corrected chi connectivity index (χ4v) is 4.03. The van der Waals surface area contributed by atoms with Gasteiger partial charge in [-0.1, -0.05) is 42.5 Å². The Kier molecular flexibility index (Phi) is 5.30. The number of hydrogen-bond acceptors (Lipinski definition) is 4. The summed E-state index contributed by atoms with van der Waals surface area (Å²) in [5, 5.41) is 0.907. The Morgan fingerprint density at radius 2 is 1.65 bits per heavy atom. The molecule has 2 aromatic carbocycles. The van der Waals surface area contributed by atoms with Crippen molar-refractivity contribution >= 4 is 39.4 Å². The molecule has 3 N–H and O–H groups in total. The van der Waals surface area contributed by atoms with Crippen molar-refractivity contribution in [2.75, 3.05) is 5.73 Å². The Hall–Kier alpha value is -3.39. The highest BCUT2D eigenvalue weighted by molar-refractivity contribution is 14.1. The highest BCUT2D eigenvalue weighted by Gasteiger charge is 2.20. The lowest BCUT2D eigenvalue weighted by molar-refractivity contribution is 0.310. The highest BCUT2D eigenvalue weighted by atomic mass is 127. The Bertz CT molecular complexity index is 1330. The summed E-state index contributed by atoms with van der Waals surface area (Å²) in [6.45, 7) is 0.444. The van der Waals surface area contributed by atoms with Crippen LogP contribution in [-0.4, -0.2) is 15.0 Å². The summed E-state index contributed by atoms with van der Waals surface area (Å²) in [7, 11) is 0. The second-order valence-corrected chi connectivity index (χ2v) is 8.41. The number of aromatic amines is 1. The molecule has 0 amide bonds. The molecule has 0 fully saturated rings. The van der Waals surface area contributed by atoms with Crippen LogP contribution in [0.2, 0.25) is 0 Å². The second-order valence-electron chi connectivity index (χ2n) is 7.16. The Labute approximate surface area is 193 Å². The number of H-pyrrole nitrogens is 1. The predicted octanol–water partition coefficient (Wildman–Crippen LogP) is 6.06. The molecule has 0 saturated heterocycles. The predicted molar refractivity (Wildman–Crippen MR) is 133 cm³/mol. The van der Waals surface area contributed by atoms with E-state index in [1.54, 1.807) is 18.5 Å². The van der Waals surface area contributed by atoms with E-state index >= 15 is 0 Å². The lowest BCUT2D eigenvalue weighted by atomic mass is 9.99. The van der Waals surface area contributed by atoms with Gasteiger partial charge in [-0.3, -0.25) is 4.98 Å². The van der Waals surface area contributed by atoms with E-state index in [9.17, 15) is 0 Å². The number of hydrogen-bond donors (Lipinski definition) is 2. The molecule has 5 aromatic rings. The third kappa shape index (κ3) is 3.98. The van der Waals surface area contributed by atoms with Crippen molar-refractivity contribution in [2.24, 2.45) is 0 Å². The molecule has 0 spiro atoms. The maximum Gasteiger partial charge on any atom is 0.144 e. The van der Waals surface area contributed by atoms with Gasteiger partial charge < -0.3 is 15.5 Å². The molecular weight excluding hydrogens is 499 g/mol. The summed E-state index contributed by atoms with van der Waals surface area (Å²) in [6, 6.07) is 24.3. The van der Waals surface area contributed by atoms with Crippen LogP contribution in [0, 0.1) is 3.57 Å². The van der Waals surface area contributed by atoms with E-state index < -0.39 is 0 Å². The molecule has 0 aliphatic heterocycles. The number of nitrogens with zero attached hydrogens (tertiary/aromatic N) is 2. The number of fused-ring (bicyclic) bond motifs is 1. The first kappa shape index (κ1) is 19.6. The van der Waals surface area contributed by atoms with Crippen molar-refractivity contribution < 1.29 is 4.74 Å². The van der Waals surface area contributed by atoms with Crippen molar-refractivity contribution in [3.05, 3.63) is 94.3 Å². The van der Waals surface area contributed by atoms with Crippen LogP contribution in [0.15, 0.2) is 85.2 Å². The molecule has 0 bridgehead atoms. The second kappa shape index (κ2) is 8.39. The van der Waals surface area contributed by atoms with Crippen molar-refractivity contribution in [1.82, 2.24) is 15.0 Å². The Morgan fingerprint density at radius 1 is 0.903 bits per heavy atom. The standard InChI is InChI=1S/C25H19IN4O/c26-19-8-6-18(7-9-19)24-22(17-10-12-28-13-11-17)23-20(14-21(27)29-25(23)30-24)31-15-16-4-2-1-3-5-16/h1-14H,15H2,(H3,27,29,30). The summed E-state index contributed by atoms with van der Waals surface area (Å²) in [5.74, 6) is 1.11. The van der Waals surface area contributed by atoms with Gasteiger partial charge in [-0.15, -0.1) is 0 Å². The number of benzene rings is 2. The number of rotatable bonds is 5. The van der Waals surface area contributed by atoms with E-state index in [0.29, 0.717) is 23.8 Å². The van der Waals surface area contributed by atoms with Gasteiger partial charge in [0.05, 0.1) is 11.1 Å². The monoisotopic (exact) mass is 518 g/mol. The molecule has 152 valence electrons. The highest BCUT2D eigenvalue weighted by Crippen LogP contribution is 2.42. The fourth-order valence-electron chi connectivity index (χ4n) is 3.67. The van der Waals surface area contributed by atoms with Crippen LogP contribution < -0.4 is 10.5 Å². The quantitative estimate of drug-likeness (QED) is 0.278. The van der Waals surface area contributed by atoms with Crippen molar-refractivity contribution in [1.29, 1.82) is 0 Å². The molecule has 5 rings (SSSR count). The first-order valence-corrected chi connectivity index (χ1v) is 10.9. The third-order valence-electron chi connectivity index (χ3n) is 5.09. The van der Waals surface area contributed by atoms with Gasteiger partial charge in [-0.05, 0) is 63.5 Å². The maximum absolute atomic E-state index is 6.26. The van der Waals surface area contributed by atoms with E-state index in [-0.39, 0.29) is 0 Å². The van der Waals surface area contributed by atoms with Crippen LogP contribution >= 0.6 is 22.6 Å². The van der Waals surface area contributed by atoms with Crippen molar-refractivity contribution in [3.63, 3.8) is 0 Å². The van der Waals surface area contributed by atoms with E-state index in [4.69, 9.17) is 10.5 Å². The molecule has 0 saturated carbocycles. The number of pyridine rings is 2. The van der Waals surface area contributed by atoms with Crippen molar-refractivity contribution in [3.8, 4) is 28.1 Å². The fraction of sp³-hybridized carbons (Fsp3) is 0.0400. The summed E-state index contributed by atoms with van der Waals surface area (Å²) < 4.78 is 7.44. The van der Waals surface area contributed by atoms with Gasteiger partial charge in [0, 0.05) is 27.6 Å². The molecule has 6 heteroatoms. The summed E-state index contributed by atoms with van der Waals surface area (Å²) in [4.78, 5) is 12.2. The van der Waals surface area contributed by atoms with Gasteiger partial charge in [0.2, 0.25) is 0 Å². The average molecular weight is 518 g/mol. The number of anilines is 1. The summed E-state index contributed by atoms with van der Waals surface area (Å²) >= 11 is 2.31. The molecule has 0 aliphatic carbocycles. The van der Waals surface area contributed by atoms with Gasteiger partial charge in [0.15, 0.2) is 0 Å². The molecule has 31 heavy (non-hydrogen) atoms. The zero-order valence-electron chi connectivity index (χ0n) is 16.5. The number of nitrogens with one attached hydrogen (secondary N) is 1. The minimum atomic E-state index is 0.409. The first-order chi connectivity index (χ1) is 15.2. The lowest BCUT2D eigenvalue weighted by Crippen LogP contribution is -1.98. The molecule has 0 aliphatic rings. The van der Waals surface area contributed by atoms with Gasteiger partial charge >= 0.3 is 0 Å². The van der Waals surface area contributed by atoms with Crippen molar-refractivity contribution in [2.45, 2.75) is 6.61 Å². The minimum absolute atomic E-state index is 0.409. The topological polar surface area (TPSA) is 76.8 Å². The molecule has 5 nitrogen and oxygen atoms in total. The number of ether oxygens (including phenoxy) is 1. The Balaban J connectivity index is 1.71. The largest absolute Gasteiger partial charge is 0.488 e. The first-order valence-electron chi connectivity index (χ1n) is 9.84. The SMILES string of the molecule is Nc1cc(OCc2ccccc2)c2c(-c3ccncc3)c(-c3ccc(I)cc3)[nH]c2n1. The van der Waals surface area contributed by atoms with Crippen LogP contribution in [0.1, 0.15) is 5.56 Å². The minimum Gasteiger partial charge on any atom is -0.488 e. The van der Waals surface area contributed by atoms with Crippen LogP contribution in [0.25, 0.3) is 33.4 Å². The Morgan fingerprint density at radius 3 is 2.39 bits per heavy atom. The van der Waals surface area contributed by atoms with Crippen LogP contribution in [0.4, 0.5) is 5.82 Å². The number of nitrogens with two attached hydrogens (primary N) is 1. The van der Waals surface area contributed by atoms with Gasteiger partial charge in [-0.25, -0.2) is 4.98 Å². The van der Waals surface area contributed by atoms with E-state index in [1.165, 1.54) is 3.57 Å². The van der Waals surface area contributed by atoms with E-state index in [2.05, 4.69) is 61.8 Å². The molecule has 3 heterocycles. The zero-order valence-corrected chi connectivity index (χ0v) is 18.7. The van der Waals surface area contributed by atoms with E-state index in [0.717, 1.165) is 33.3 Å². The smallest absolute Gasteiger partial charge is 0.144 e. The van der Waals surface area contributed by atoms with Crippen LogP contribution in [0.5, 0.6) is 5.75 Å². The van der Waals surface area contributed by atoms with E-state index in [1.807, 2.05) is 42.5 Å². The van der Waals surface area contributed by atoms with Gasteiger partial charge in [-0.2, -0.15) is 0 Å². The number of aromatic nitrogens is 3. The normalized spacial score (nSPS) is 11.0. The lowest BCUT2D eigenvalue weighted by Gasteiger charge is -2.11. The maximum atomic E-state index is 6.26. The molecule has 0 unspecified atom stereocenters. The number of halogens is 1. The van der Waals surface area contributed by atoms with Gasteiger partial charge in [0.25, 0.3) is 0 Å². The molecule has 3 aromatic heterocycles.